The second kappa shape index (κ2) is 9.89. The molecule has 0 radical (unpaired) electrons. The molecule has 35 heavy (non-hydrogen) atoms. The fourth-order valence-electron chi connectivity index (χ4n) is 4.26. The van der Waals surface area contributed by atoms with Crippen molar-refractivity contribution in [3.05, 3.63) is 101 Å². The lowest BCUT2D eigenvalue weighted by Gasteiger charge is -2.10. The first-order valence-corrected chi connectivity index (χ1v) is 11.5. The number of nitrogens with one attached hydrogen (secondary N) is 2. The van der Waals surface area contributed by atoms with Crippen LogP contribution >= 0.6 is 0 Å². The lowest BCUT2D eigenvalue weighted by atomic mass is 10.1. The number of hydrogen-bond acceptors (Lipinski definition) is 5. The van der Waals surface area contributed by atoms with E-state index in [0.717, 1.165) is 24.2 Å². The number of benzene rings is 2. The summed E-state index contributed by atoms with van der Waals surface area (Å²) in [7, 11) is 1.65. The van der Waals surface area contributed by atoms with Crippen molar-refractivity contribution in [1.82, 2.24) is 15.1 Å². The third kappa shape index (κ3) is 5.11. The number of nitrogens with zero attached hydrogens (tertiary/aromatic N) is 2. The van der Waals surface area contributed by atoms with Crippen molar-refractivity contribution in [2.45, 2.75) is 32.4 Å². The summed E-state index contributed by atoms with van der Waals surface area (Å²) in [6, 6.07) is 17.0. The fourth-order valence-corrected chi connectivity index (χ4v) is 4.26. The van der Waals surface area contributed by atoms with Crippen molar-refractivity contribution in [1.29, 1.82) is 0 Å². The molecule has 1 aliphatic carbocycles. The summed E-state index contributed by atoms with van der Waals surface area (Å²) in [6.45, 7) is 0.587. The molecule has 0 bridgehead atoms. The van der Waals surface area contributed by atoms with E-state index in [4.69, 9.17) is 9.15 Å². The number of furan rings is 1. The normalized spacial score (nSPS) is 12.3. The SMILES string of the molecule is Cn1ncc(NC(=O)c2cccc(COc3ccc4c(c3)CCC4)c2)c1C(=O)NCc1ccco1. The molecule has 0 saturated heterocycles. The van der Waals surface area contributed by atoms with Crippen LogP contribution in [0, 0.1) is 0 Å². The molecule has 0 fully saturated rings. The number of amides is 2. The number of carbonyl (C=O) groups is 2. The topological polar surface area (TPSA) is 98.4 Å². The van der Waals surface area contributed by atoms with Gasteiger partial charge in [0, 0.05) is 12.6 Å². The molecular weight excluding hydrogens is 444 g/mol. The Bertz CT molecular complexity index is 1360. The van der Waals surface area contributed by atoms with Gasteiger partial charge in [0.25, 0.3) is 11.8 Å². The number of hydrogen-bond donors (Lipinski definition) is 2. The van der Waals surface area contributed by atoms with Crippen LogP contribution in [0.3, 0.4) is 0 Å². The fraction of sp³-hybridized carbons (Fsp3) is 0.222. The number of fused-ring (bicyclic) bond motifs is 1. The molecule has 4 aromatic rings. The molecule has 2 amide bonds. The maximum Gasteiger partial charge on any atom is 0.272 e. The first kappa shape index (κ1) is 22.5. The predicted molar refractivity (Wildman–Crippen MR) is 130 cm³/mol. The molecule has 1 aliphatic rings. The van der Waals surface area contributed by atoms with Crippen molar-refractivity contribution in [3.8, 4) is 5.75 Å². The highest BCUT2D eigenvalue weighted by Crippen LogP contribution is 2.26. The van der Waals surface area contributed by atoms with Crippen LogP contribution in [0.5, 0.6) is 5.75 Å². The standard InChI is InChI=1S/C27H26N4O4/c1-31-25(27(33)28-15-23-9-4-12-34-23)24(16-29-31)30-26(32)21-8-2-5-18(13-21)17-35-22-11-10-19-6-3-7-20(19)14-22/h2,4-5,8-14,16H,3,6-7,15,17H2,1H3,(H,28,33)(H,30,32). The number of aromatic nitrogens is 2. The number of carbonyl (C=O) groups excluding carboxylic acids is 2. The third-order valence-electron chi connectivity index (χ3n) is 6.07. The van der Waals surface area contributed by atoms with Gasteiger partial charge in [-0.3, -0.25) is 14.3 Å². The molecule has 0 aliphatic heterocycles. The minimum Gasteiger partial charge on any atom is -0.489 e. The Balaban J connectivity index is 1.23. The molecule has 2 N–H and O–H groups in total. The molecule has 0 unspecified atom stereocenters. The minimum atomic E-state index is -0.367. The van der Waals surface area contributed by atoms with Gasteiger partial charge in [-0.2, -0.15) is 5.10 Å². The predicted octanol–water partition coefficient (Wildman–Crippen LogP) is 4.26. The van der Waals surface area contributed by atoms with E-state index in [1.54, 1.807) is 37.6 Å². The molecule has 5 rings (SSSR count). The van der Waals surface area contributed by atoms with E-state index >= 15 is 0 Å². The zero-order chi connectivity index (χ0) is 24.2. The average molecular weight is 471 g/mol. The molecule has 2 heterocycles. The van der Waals surface area contributed by atoms with Gasteiger partial charge in [-0.05, 0) is 72.4 Å². The summed E-state index contributed by atoms with van der Waals surface area (Å²) < 4.78 is 12.6. The van der Waals surface area contributed by atoms with E-state index in [9.17, 15) is 9.59 Å². The van der Waals surface area contributed by atoms with Crippen LogP contribution in [0.1, 0.15) is 49.7 Å². The van der Waals surface area contributed by atoms with E-state index in [1.165, 1.54) is 28.4 Å². The van der Waals surface area contributed by atoms with Gasteiger partial charge < -0.3 is 19.8 Å². The molecule has 178 valence electrons. The number of anilines is 1. The van der Waals surface area contributed by atoms with Gasteiger partial charge in [-0.1, -0.05) is 18.2 Å². The van der Waals surface area contributed by atoms with Crippen LogP contribution in [0.2, 0.25) is 0 Å². The maximum atomic E-state index is 13.0. The molecule has 0 atom stereocenters. The van der Waals surface area contributed by atoms with Crippen molar-refractivity contribution in [2.24, 2.45) is 7.05 Å². The summed E-state index contributed by atoms with van der Waals surface area (Å²) in [5.41, 5.74) is 4.68. The van der Waals surface area contributed by atoms with Crippen LogP contribution < -0.4 is 15.4 Å². The number of aryl methyl sites for hydroxylation is 3. The quantitative estimate of drug-likeness (QED) is 0.401. The van der Waals surface area contributed by atoms with Gasteiger partial charge in [-0.15, -0.1) is 0 Å². The van der Waals surface area contributed by atoms with E-state index in [1.807, 2.05) is 18.2 Å². The second-order valence-electron chi connectivity index (χ2n) is 8.52. The highest BCUT2D eigenvalue weighted by molar-refractivity contribution is 6.08. The van der Waals surface area contributed by atoms with Crippen LogP contribution in [0.4, 0.5) is 5.69 Å². The zero-order valence-electron chi connectivity index (χ0n) is 19.4. The van der Waals surface area contributed by atoms with E-state index in [0.29, 0.717) is 23.6 Å². The Kier molecular flexibility index (Phi) is 6.34. The van der Waals surface area contributed by atoms with Crippen LogP contribution in [-0.4, -0.2) is 21.6 Å². The Hall–Kier alpha value is -4.33. The molecule has 8 heteroatoms. The lowest BCUT2D eigenvalue weighted by Crippen LogP contribution is -2.26. The molecule has 8 nitrogen and oxygen atoms in total. The summed E-state index contributed by atoms with van der Waals surface area (Å²) >= 11 is 0. The highest BCUT2D eigenvalue weighted by atomic mass is 16.5. The van der Waals surface area contributed by atoms with Gasteiger partial charge in [0.2, 0.25) is 0 Å². The Morgan fingerprint density at radius 2 is 1.94 bits per heavy atom. The maximum absolute atomic E-state index is 13.0. The largest absolute Gasteiger partial charge is 0.489 e. The van der Waals surface area contributed by atoms with Gasteiger partial charge in [0.05, 0.1) is 24.7 Å². The molecule has 2 aromatic heterocycles. The number of rotatable bonds is 8. The smallest absolute Gasteiger partial charge is 0.272 e. The molecule has 2 aromatic carbocycles. The van der Waals surface area contributed by atoms with Crippen LogP contribution in [0.25, 0.3) is 0 Å². The van der Waals surface area contributed by atoms with Gasteiger partial charge in [-0.25, -0.2) is 0 Å². The summed E-state index contributed by atoms with van der Waals surface area (Å²) in [5, 5.41) is 9.71. The van der Waals surface area contributed by atoms with Crippen LogP contribution in [-0.2, 0) is 33.0 Å². The first-order chi connectivity index (χ1) is 17.1. The average Bonchev–Trinajstić information content (AvgIpc) is 3.63. The lowest BCUT2D eigenvalue weighted by molar-refractivity contribution is 0.0939. The highest BCUT2D eigenvalue weighted by Gasteiger charge is 2.20. The number of ether oxygens (including phenoxy) is 1. The van der Waals surface area contributed by atoms with Gasteiger partial charge in [0.15, 0.2) is 0 Å². The zero-order valence-corrected chi connectivity index (χ0v) is 19.4. The Labute approximate surface area is 202 Å². The Morgan fingerprint density at radius 3 is 2.80 bits per heavy atom. The van der Waals surface area contributed by atoms with E-state index in [2.05, 4.69) is 27.9 Å². The summed E-state index contributed by atoms with van der Waals surface area (Å²) in [4.78, 5) is 25.7. The van der Waals surface area contributed by atoms with Gasteiger partial charge in [0.1, 0.15) is 23.8 Å². The van der Waals surface area contributed by atoms with Crippen LogP contribution in [0.15, 0.2) is 71.5 Å². The van der Waals surface area contributed by atoms with Crippen molar-refractivity contribution < 1.29 is 18.7 Å². The van der Waals surface area contributed by atoms with Gasteiger partial charge >= 0.3 is 0 Å². The van der Waals surface area contributed by atoms with Crippen molar-refractivity contribution in [3.63, 3.8) is 0 Å². The minimum absolute atomic E-state index is 0.233. The summed E-state index contributed by atoms with van der Waals surface area (Å²) in [6.07, 6.45) is 6.43. The molecular formula is C27H26N4O4. The molecule has 0 spiro atoms. The van der Waals surface area contributed by atoms with E-state index in [-0.39, 0.29) is 24.1 Å². The van der Waals surface area contributed by atoms with Crippen molar-refractivity contribution >= 4 is 17.5 Å². The monoisotopic (exact) mass is 470 g/mol. The third-order valence-corrected chi connectivity index (χ3v) is 6.07. The van der Waals surface area contributed by atoms with Crippen molar-refractivity contribution in [2.75, 3.05) is 5.32 Å². The first-order valence-electron chi connectivity index (χ1n) is 11.5. The van der Waals surface area contributed by atoms with E-state index < -0.39 is 0 Å². The Morgan fingerprint density at radius 1 is 1.06 bits per heavy atom. The summed E-state index contributed by atoms with van der Waals surface area (Å²) in [5.74, 6) is 0.761. The molecule has 0 saturated carbocycles. The second-order valence-corrected chi connectivity index (χ2v) is 8.52.